The van der Waals surface area contributed by atoms with Gasteiger partial charge in [0.15, 0.2) is 0 Å². The largest absolute Gasteiger partial charge is 0.389 e. The van der Waals surface area contributed by atoms with E-state index in [-0.39, 0.29) is 6.10 Å². The smallest absolute Gasteiger partial charge is 0.0897 e. The highest BCUT2D eigenvalue weighted by atomic mass is 16.5. The van der Waals surface area contributed by atoms with Crippen molar-refractivity contribution in [2.45, 2.75) is 32.1 Å². The van der Waals surface area contributed by atoms with E-state index in [1.165, 1.54) is 0 Å². The summed E-state index contributed by atoms with van der Waals surface area (Å²) in [6.45, 7) is 5.08. The second-order valence-corrected chi connectivity index (χ2v) is 4.58. The first-order chi connectivity index (χ1) is 9.22. The van der Waals surface area contributed by atoms with Crippen LogP contribution in [0.15, 0.2) is 18.5 Å². The molecule has 110 valence electrons. The van der Waals surface area contributed by atoms with Gasteiger partial charge in [-0.1, -0.05) is 0 Å². The Bertz CT molecular complexity index is 306. The molecule has 0 saturated carbocycles. The van der Waals surface area contributed by atoms with Crippen molar-refractivity contribution in [3.8, 4) is 0 Å². The molecule has 0 radical (unpaired) electrons. The zero-order valence-corrected chi connectivity index (χ0v) is 11.8. The molecule has 0 aliphatic rings. The first-order valence-corrected chi connectivity index (χ1v) is 6.69. The molecule has 0 fully saturated rings. The molecule has 2 unspecified atom stereocenters. The summed E-state index contributed by atoms with van der Waals surface area (Å²) < 4.78 is 12.3. The molecule has 2 atom stereocenters. The summed E-state index contributed by atoms with van der Waals surface area (Å²) in [6, 6.07) is 1.91. The van der Waals surface area contributed by atoms with Crippen LogP contribution >= 0.6 is 0 Å². The van der Waals surface area contributed by atoms with Gasteiger partial charge in [0, 0.05) is 32.6 Å². The Morgan fingerprint density at radius 2 is 2.26 bits per heavy atom. The van der Waals surface area contributed by atoms with Crippen LogP contribution in [-0.4, -0.2) is 60.5 Å². The number of aryl methyl sites for hydroxylation is 1. The quantitative estimate of drug-likeness (QED) is 0.566. The minimum Gasteiger partial charge on any atom is -0.389 e. The summed E-state index contributed by atoms with van der Waals surface area (Å²) in [5.41, 5.74) is 0. The van der Waals surface area contributed by atoms with Gasteiger partial charge in [-0.05, 0) is 26.0 Å². The molecular formula is C13H25N3O3. The lowest BCUT2D eigenvalue weighted by Crippen LogP contribution is -2.33. The predicted octanol–water partition coefficient (Wildman–Crippen LogP) is 0.275. The fourth-order valence-corrected chi connectivity index (χ4v) is 1.68. The topological polar surface area (TPSA) is 68.5 Å². The molecule has 2 N–H and O–H groups in total. The number of aliphatic hydroxyl groups excluding tert-OH is 1. The van der Waals surface area contributed by atoms with Crippen molar-refractivity contribution in [3.63, 3.8) is 0 Å². The maximum Gasteiger partial charge on any atom is 0.0897 e. The van der Waals surface area contributed by atoms with Crippen LogP contribution in [0.1, 0.15) is 13.3 Å². The van der Waals surface area contributed by atoms with Crippen molar-refractivity contribution in [2.75, 3.05) is 33.4 Å². The van der Waals surface area contributed by atoms with E-state index in [0.29, 0.717) is 19.8 Å². The monoisotopic (exact) mass is 271 g/mol. The zero-order chi connectivity index (χ0) is 13.9. The summed E-state index contributed by atoms with van der Waals surface area (Å²) in [5.74, 6) is 0. The normalized spacial score (nSPS) is 14.5. The zero-order valence-electron chi connectivity index (χ0n) is 11.8. The Hall–Kier alpha value is -0.950. The van der Waals surface area contributed by atoms with E-state index in [0.717, 1.165) is 19.5 Å². The van der Waals surface area contributed by atoms with Crippen molar-refractivity contribution in [1.29, 1.82) is 0 Å². The molecule has 6 nitrogen and oxygen atoms in total. The third-order valence-corrected chi connectivity index (χ3v) is 2.65. The third kappa shape index (κ3) is 7.94. The molecule has 0 spiro atoms. The Morgan fingerprint density at radius 1 is 1.42 bits per heavy atom. The molecule has 1 aromatic rings. The second kappa shape index (κ2) is 9.91. The SMILES string of the molecule is COCC(C)OCC(O)CNCCCn1cccn1. The predicted molar refractivity (Wildman–Crippen MR) is 73.0 cm³/mol. The van der Waals surface area contributed by atoms with Gasteiger partial charge >= 0.3 is 0 Å². The average molecular weight is 271 g/mol. The number of aromatic nitrogens is 2. The molecule has 0 saturated heterocycles. The molecule has 0 bridgehead atoms. The van der Waals surface area contributed by atoms with Crippen molar-refractivity contribution < 1.29 is 14.6 Å². The maximum atomic E-state index is 9.70. The van der Waals surface area contributed by atoms with Gasteiger partial charge in [0.05, 0.1) is 25.4 Å². The van der Waals surface area contributed by atoms with E-state index in [2.05, 4.69) is 10.4 Å². The molecule has 6 heteroatoms. The van der Waals surface area contributed by atoms with Crippen LogP contribution < -0.4 is 5.32 Å². The Morgan fingerprint density at radius 3 is 2.95 bits per heavy atom. The Labute approximate surface area is 114 Å². The van der Waals surface area contributed by atoms with Crippen LogP contribution in [0.3, 0.4) is 0 Å². The average Bonchev–Trinajstić information content (AvgIpc) is 2.89. The lowest BCUT2D eigenvalue weighted by molar-refractivity contribution is -0.0310. The van der Waals surface area contributed by atoms with E-state index in [9.17, 15) is 5.11 Å². The number of hydrogen-bond donors (Lipinski definition) is 2. The number of nitrogens with zero attached hydrogens (tertiary/aromatic N) is 2. The van der Waals surface area contributed by atoms with Crippen molar-refractivity contribution in [2.24, 2.45) is 0 Å². The highest BCUT2D eigenvalue weighted by Crippen LogP contribution is 1.94. The van der Waals surface area contributed by atoms with Gasteiger partial charge in [-0.15, -0.1) is 0 Å². The summed E-state index contributed by atoms with van der Waals surface area (Å²) in [4.78, 5) is 0. The number of methoxy groups -OCH3 is 1. The van der Waals surface area contributed by atoms with E-state index in [4.69, 9.17) is 9.47 Å². The van der Waals surface area contributed by atoms with E-state index in [1.807, 2.05) is 23.9 Å². The van der Waals surface area contributed by atoms with E-state index < -0.39 is 6.10 Å². The standard InChI is InChI=1S/C13H25N3O3/c1-12(10-18-2)19-11-13(17)9-14-5-3-7-16-8-4-6-15-16/h4,6,8,12-14,17H,3,5,7,9-11H2,1-2H3. The minimum absolute atomic E-state index is 0.0134. The van der Waals surface area contributed by atoms with Crippen LogP contribution in [0.2, 0.25) is 0 Å². The van der Waals surface area contributed by atoms with Crippen molar-refractivity contribution in [3.05, 3.63) is 18.5 Å². The molecule has 0 amide bonds. The second-order valence-electron chi connectivity index (χ2n) is 4.58. The van der Waals surface area contributed by atoms with Gasteiger partial charge in [0.1, 0.15) is 0 Å². The van der Waals surface area contributed by atoms with Gasteiger partial charge < -0.3 is 19.9 Å². The molecular weight excluding hydrogens is 246 g/mol. The highest BCUT2D eigenvalue weighted by Gasteiger charge is 2.07. The fraction of sp³-hybridized carbons (Fsp3) is 0.769. The summed E-state index contributed by atoms with van der Waals surface area (Å²) in [7, 11) is 1.64. The maximum absolute atomic E-state index is 9.70. The molecule has 1 aromatic heterocycles. The summed E-state index contributed by atoms with van der Waals surface area (Å²) in [5, 5.41) is 17.0. The summed E-state index contributed by atoms with van der Waals surface area (Å²) >= 11 is 0. The fourth-order valence-electron chi connectivity index (χ4n) is 1.68. The minimum atomic E-state index is -0.482. The van der Waals surface area contributed by atoms with Crippen molar-refractivity contribution >= 4 is 0 Å². The van der Waals surface area contributed by atoms with Gasteiger partial charge in [-0.25, -0.2) is 0 Å². The number of nitrogens with one attached hydrogen (secondary N) is 1. The molecule has 1 heterocycles. The Balaban J connectivity index is 1.93. The van der Waals surface area contributed by atoms with Crippen LogP contribution in [0.5, 0.6) is 0 Å². The molecule has 1 rings (SSSR count). The number of rotatable bonds is 11. The van der Waals surface area contributed by atoms with Gasteiger partial charge in [0.25, 0.3) is 0 Å². The van der Waals surface area contributed by atoms with Crippen LogP contribution in [0.4, 0.5) is 0 Å². The first-order valence-electron chi connectivity index (χ1n) is 6.69. The first kappa shape index (κ1) is 16.1. The summed E-state index contributed by atoms with van der Waals surface area (Å²) in [6.07, 6.45) is 4.23. The Kier molecular flexibility index (Phi) is 8.40. The van der Waals surface area contributed by atoms with Crippen molar-refractivity contribution in [1.82, 2.24) is 15.1 Å². The van der Waals surface area contributed by atoms with Gasteiger partial charge in [-0.2, -0.15) is 5.10 Å². The molecule has 0 aliphatic carbocycles. The van der Waals surface area contributed by atoms with Gasteiger partial charge in [0.2, 0.25) is 0 Å². The van der Waals surface area contributed by atoms with E-state index in [1.54, 1.807) is 13.3 Å². The van der Waals surface area contributed by atoms with Gasteiger partial charge in [-0.3, -0.25) is 4.68 Å². The molecule has 0 aromatic carbocycles. The number of ether oxygens (including phenoxy) is 2. The van der Waals surface area contributed by atoms with Crippen LogP contribution in [0.25, 0.3) is 0 Å². The van der Waals surface area contributed by atoms with E-state index >= 15 is 0 Å². The molecule has 0 aliphatic heterocycles. The third-order valence-electron chi connectivity index (χ3n) is 2.65. The molecule has 19 heavy (non-hydrogen) atoms. The van der Waals surface area contributed by atoms with Crippen LogP contribution in [-0.2, 0) is 16.0 Å². The lowest BCUT2D eigenvalue weighted by atomic mass is 10.3. The number of aliphatic hydroxyl groups is 1. The highest BCUT2D eigenvalue weighted by molar-refractivity contribution is 4.77. The lowest BCUT2D eigenvalue weighted by Gasteiger charge is -2.16. The number of hydrogen-bond acceptors (Lipinski definition) is 5. The van der Waals surface area contributed by atoms with Crippen LogP contribution in [0, 0.1) is 0 Å².